The second kappa shape index (κ2) is 6.26. The van der Waals surface area contributed by atoms with Crippen molar-refractivity contribution in [2.75, 3.05) is 7.05 Å². The molecule has 1 heteroatoms. The maximum atomic E-state index is 3.87. The lowest BCUT2D eigenvalue weighted by Crippen LogP contribution is -2.04. The van der Waals surface area contributed by atoms with Crippen LogP contribution in [0.5, 0.6) is 0 Å². The summed E-state index contributed by atoms with van der Waals surface area (Å²) in [6.45, 7) is 9.98. The van der Waals surface area contributed by atoms with Crippen molar-refractivity contribution in [3.8, 4) is 0 Å². The fourth-order valence-corrected chi connectivity index (χ4v) is 0.933. The summed E-state index contributed by atoms with van der Waals surface area (Å²) in [4.78, 5) is 0. The first-order chi connectivity index (χ1) is 5.20. The Morgan fingerprint density at radius 3 is 2.64 bits per heavy atom. The Morgan fingerprint density at radius 1 is 1.55 bits per heavy atom. The first-order valence-corrected chi connectivity index (χ1v) is 4.35. The van der Waals surface area contributed by atoms with Crippen LogP contribution in [0.25, 0.3) is 0 Å². The maximum absolute atomic E-state index is 3.87. The van der Waals surface area contributed by atoms with E-state index in [0.29, 0.717) is 0 Å². The van der Waals surface area contributed by atoms with Crippen LogP contribution in [0, 0.1) is 12.8 Å². The molecule has 0 aromatic heterocycles. The van der Waals surface area contributed by atoms with Gasteiger partial charge in [0.2, 0.25) is 0 Å². The molecule has 0 aromatic rings. The Labute approximate surface area is 70.9 Å². The largest absolute Gasteiger partial charge is 0.392 e. The van der Waals surface area contributed by atoms with E-state index in [4.69, 9.17) is 0 Å². The smallest absolute Gasteiger partial charge is 0.00310 e. The van der Waals surface area contributed by atoms with Gasteiger partial charge in [-0.3, -0.25) is 0 Å². The highest BCUT2D eigenvalue weighted by molar-refractivity contribution is 4.88. The quantitative estimate of drug-likeness (QED) is 0.620. The van der Waals surface area contributed by atoms with Gasteiger partial charge >= 0.3 is 0 Å². The molecule has 0 fully saturated rings. The molecule has 0 aliphatic rings. The molecule has 0 saturated heterocycles. The van der Waals surface area contributed by atoms with Crippen molar-refractivity contribution in [1.82, 2.24) is 5.32 Å². The zero-order chi connectivity index (χ0) is 8.69. The summed E-state index contributed by atoms with van der Waals surface area (Å²) >= 11 is 0. The van der Waals surface area contributed by atoms with Gasteiger partial charge in [-0.1, -0.05) is 33.3 Å². The van der Waals surface area contributed by atoms with Crippen LogP contribution in [0.1, 0.15) is 32.6 Å². The lowest BCUT2D eigenvalue weighted by molar-refractivity contribution is 0.511. The molecule has 1 N–H and O–H groups in total. The molecule has 0 saturated carbocycles. The highest BCUT2D eigenvalue weighted by Crippen LogP contribution is 2.12. The molecule has 0 aliphatic heterocycles. The summed E-state index contributed by atoms with van der Waals surface area (Å²) in [5.41, 5.74) is 1.14. The lowest BCUT2D eigenvalue weighted by atomic mass is 10.0. The number of nitrogens with one attached hydrogen (secondary N) is 1. The van der Waals surface area contributed by atoms with Gasteiger partial charge < -0.3 is 5.32 Å². The van der Waals surface area contributed by atoms with Crippen LogP contribution < -0.4 is 5.32 Å². The average molecular weight is 154 g/mol. The van der Waals surface area contributed by atoms with Gasteiger partial charge in [-0.15, -0.1) is 0 Å². The number of hydrogen-bond acceptors (Lipinski definition) is 1. The molecule has 0 rings (SSSR count). The highest BCUT2D eigenvalue weighted by Gasteiger charge is 1.98. The summed E-state index contributed by atoms with van der Waals surface area (Å²) in [6, 6.07) is 0. The molecular formula is C10H20N. The number of rotatable bonds is 6. The Bertz CT molecular complexity index is 107. The van der Waals surface area contributed by atoms with E-state index in [0.717, 1.165) is 24.5 Å². The van der Waals surface area contributed by atoms with Crippen molar-refractivity contribution in [3.05, 3.63) is 19.2 Å². The van der Waals surface area contributed by atoms with Gasteiger partial charge in [0.1, 0.15) is 0 Å². The minimum absolute atomic E-state index is 0.764. The van der Waals surface area contributed by atoms with Gasteiger partial charge in [-0.25, -0.2) is 0 Å². The van der Waals surface area contributed by atoms with E-state index >= 15 is 0 Å². The normalized spacial score (nSPS) is 12.6. The molecule has 0 heterocycles. The Balaban J connectivity index is 3.20. The Kier molecular flexibility index (Phi) is 6.00. The van der Waals surface area contributed by atoms with Crippen LogP contribution in [0.2, 0.25) is 0 Å². The second-order valence-corrected chi connectivity index (χ2v) is 3.14. The Morgan fingerprint density at radius 2 is 2.18 bits per heavy atom. The molecule has 0 amide bonds. The van der Waals surface area contributed by atoms with Crippen molar-refractivity contribution in [2.24, 2.45) is 5.92 Å². The fraction of sp³-hybridized carbons (Fsp3) is 0.700. The van der Waals surface area contributed by atoms with Crippen LogP contribution >= 0.6 is 0 Å². The van der Waals surface area contributed by atoms with Gasteiger partial charge in [0.15, 0.2) is 0 Å². The van der Waals surface area contributed by atoms with Crippen LogP contribution in [-0.2, 0) is 0 Å². The van der Waals surface area contributed by atoms with Gasteiger partial charge in [-0.2, -0.15) is 0 Å². The molecule has 1 atom stereocenters. The van der Waals surface area contributed by atoms with Gasteiger partial charge in [0.25, 0.3) is 0 Å². The number of hydrogen-bond donors (Lipinski definition) is 1. The van der Waals surface area contributed by atoms with E-state index in [1.807, 2.05) is 7.05 Å². The summed E-state index contributed by atoms with van der Waals surface area (Å²) in [6.07, 6.45) is 4.65. The first kappa shape index (κ1) is 10.5. The Hall–Kier alpha value is -0.460. The van der Waals surface area contributed by atoms with E-state index in [1.54, 1.807) is 0 Å². The molecule has 1 radical (unpaired) electrons. The molecule has 65 valence electrons. The van der Waals surface area contributed by atoms with Gasteiger partial charge in [-0.05, 0) is 18.8 Å². The third kappa shape index (κ3) is 5.96. The van der Waals surface area contributed by atoms with Crippen molar-refractivity contribution in [2.45, 2.75) is 32.6 Å². The highest BCUT2D eigenvalue weighted by atomic mass is 14.8. The topological polar surface area (TPSA) is 12.0 Å². The van der Waals surface area contributed by atoms with E-state index in [-0.39, 0.29) is 0 Å². The van der Waals surface area contributed by atoms with E-state index in [9.17, 15) is 0 Å². The molecular weight excluding hydrogens is 134 g/mol. The molecule has 11 heavy (non-hydrogen) atoms. The summed E-state index contributed by atoms with van der Waals surface area (Å²) in [7, 11) is 1.92. The number of allylic oxidation sites excluding steroid dienone is 1. The van der Waals surface area contributed by atoms with Crippen LogP contribution in [0.4, 0.5) is 0 Å². The third-order valence-corrected chi connectivity index (χ3v) is 2.02. The molecule has 0 spiro atoms. The minimum atomic E-state index is 0.764. The second-order valence-electron chi connectivity index (χ2n) is 3.14. The zero-order valence-corrected chi connectivity index (χ0v) is 7.82. The predicted molar refractivity (Wildman–Crippen MR) is 51.2 cm³/mol. The minimum Gasteiger partial charge on any atom is -0.392 e. The molecule has 0 aromatic carbocycles. The summed E-state index contributed by atoms with van der Waals surface area (Å²) < 4.78 is 0. The van der Waals surface area contributed by atoms with Gasteiger partial charge in [0.05, 0.1) is 0 Å². The third-order valence-electron chi connectivity index (χ3n) is 2.02. The van der Waals surface area contributed by atoms with Crippen LogP contribution in [0.3, 0.4) is 0 Å². The molecule has 0 aliphatic carbocycles. The van der Waals surface area contributed by atoms with Crippen LogP contribution in [-0.4, -0.2) is 7.05 Å². The SMILES string of the molecule is [CH2]CC(C)CCCC(=C)NC. The lowest BCUT2D eigenvalue weighted by Gasteiger charge is -2.08. The fourth-order valence-electron chi connectivity index (χ4n) is 0.933. The standard InChI is InChI=1S/C10H20N/c1-5-9(2)7-6-8-10(3)11-4/h9,11H,1,3,5-8H2,2,4H3. The van der Waals surface area contributed by atoms with E-state index in [1.165, 1.54) is 12.8 Å². The van der Waals surface area contributed by atoms with Crippen molar-refractivity contribution < 1.29 is 0 Å². The maximum Gasteiger partial charge on any atom is 0.00310 e. The van der Waals surface area contributed by atoms with Crippen molar-refractivity contribution >= 4 is 0 Å². The summed E-state index contributed by atoms with van der Waals surface area (Å²) in [5, 5.41) is 3.05. The van der Waals surface area contributed by atoms with Crippen molar-refractivity contribution in [1.29, 1.82) is 0 Å². The van der Waals surface area contributed by atoms with E-state index in [2.05, 4.69) is 25.7 Å². The first-order valence-electron chi connectivity index (χ1n) is 4.35. The van der Waals surface area contributed by atoms with Crippen molar-refractivity contribution in [3.63, 3.8) is 0 Å². The monoisotopic (exact) mass is 154 g/mol. The molecule has 0 bridgehead atoms. The molecule has 1 unspecified atom stereocenters. The van der Waals surface area contributed by atoms with Gasteiger partial charge in [0, 0.05) is 12.7 Å². The zero-order valence-electron chi connectivity index (χ0n) is 7.82. The van der Waals surface area contributed by atoms with Crippen LogP contribution in [0.15, 0.2) is 12.3 Å². The molecule has 1 nitrogen and oxygen atoms in total. The predicted octanol–water partition coefficient (Wildman–Crippen LogP) is 2.75. The summed E-state index contributed by atoms with van der Waals surface area (Å²) in [5.74, 6) is 0.764. The van der Waals surface area contributed by atoms with E-state index < -0.39 is 0 Å². The average Bonchev–Trinajstić information content (AvgIpc) is 2.04.